The zero-order chi connectivity index (χ0) is 21.4. The summed E-state index contributed by atoms with van der Waals surface area (Å²) in [5.41, 5.74) is 4.39. The fourth-order valence-corrected chi connectivity index (χ4v) is 4.81. The van der Waals surface area contributed by atoms with Crippen LogP contribution in [0.15, 0.2) is 36.7 Å². The van der Waals surface area contributed by atoms with E-state index < -0.39 is 0 Å². The molecule has 1 aromatic carbocycles. The number of nitrogens with one attached hydrogen (secondary N) is 3. The molecule has 2 saturated heterocycles. The number of aromatic nitrogens is 3. The number of piperazine rings is 1. The molecule has 0 saturated carbocycles. The zero-order valence-corrected chi connectivity index (χ0v) is 18.2. The molecular weight excluding hydrogens is 414 g/mol. The summed E-state index contributed by atoms with van der Waals surface area (Å²) >= 11 is 5.86. The third-order valence-electron chi connectivity index (χ3n) is 6.22. The van der Waals surface area contributed by atoms with E-state index in [0.717, 1.165) is 19.5 Å². The predicted octanol–water partition coefficient (Wildman–Crippen LogP) is 2.34. The van der Waals surface area contributed by atoms with E-state index in [0.29, 0.717) is 35.4 Å². The number of benzene rings is 1. The van der Waals surface area contributed by atoms with E-state index in [2.05, 4.69) is 55.2 Å². The van der Waals surface area contributed by atoms with Gasteiger partial charge in [-0.1, -0.05) is 12.1 Å². The first kappa shape index (κ1) is 20.1. The highest BCUT2D eigenvalue weighted by molar-refractivity contribution is 6.28. The first-order valence-electron chi connectivity index (χ1n) is 10.7. The molecule has 5 rings (SSSR count). The quantitative estimate of drug-likeness (QED) is 0.546. The maximum atomic E-state index is 12.7. The topological polar surface area (TPSA) is 86.6 Å². The standard InChI is InChI=1S/C22H26ClN7O/c1-24-20-18(13-30-19(20)10-26-22(23)28-30)21(31)25-9-8-14-2-6-17(7-3-14)29-11-15-4-5-16(12-29)27-15/h2-3,6-7,10,13,15-16,24,27H,4-5,8-9,11-12H2,1H3,(H,25,31). The Kier molecular flexibility index (Phi) is 5.41. The number of hydrogen-bond acceptors (Lipinski definition) is 6. The molecule has 4 heterocycles. The van der Waals surface area contributed by atoms with Gasteiger partial charge in [0, 0.05) is 50.6 Å². The molecule has 2 aliphatic heterocycles. The van der Waals surface area contributed by atoms with E-state index in [4.69, 9.17) is 11.6 Å². The minimum atomic E-state index is -0.154. The molecule has 0 radical (unpaired) electrons. The lowest BCUT2D eigenvalue weighted by Crippen LogP contribution is -2.51. The molecule has 8 nitrogen and oxygen atoms in total. The average molecular weight is 440 g/mol. The second-order valence-corrected chi connectivity index (χ2v) is 8.58. The summed E-state index contributed by atoms with van der Waals surface area (Å²) in [5, 5.41) is 14.0. The maximum absolute atomic E-state index is 12.7. The van der Waals surface area contributed by atoms with Gasteiger partial charge in [-0.05, 0) is 48.6 Å². The normalized spacial score (nSPS) is 20.3. The highest BCUT2D eigenvalue weighted by Crippen LogP contribution is 2.26. The third-order valence-corrected chi connectivity index (χ3v) is 6.39. The van der Waals surface area contributed by atoms with E-state index in [9.17, 15) is 4.79 Å². The first-order valence-corrected chi connectivity index (χ1v) is 11.1. The number of hydrogen-bond donors (Lipinski definition) is 3. The Labute approximate surface area is 186 Å². The van der Waals surface area contributed by atoms with Gasteiger partial charge in [-0.2, -0.15) is 0 Å². The number of carbonyl (C=O) groups is 1. The fourth-order valence-electron chi connectivity index (χ4n) is 4.68. The van der Waals surface area contributed by atoms with Crippen molar-refractivity contribution < 1.29 is 4.79 Å². The van der Waals surface area contributed by atoms with Crippen LogP contribution in [0.5, 0.6) is 0 Å². The first-order chi connectivity index (χ1) is 15.1. The average Bonchev–Trinajstić information content (AvgIpc) is 3.32. The van der Waals surface area contributed by atoms with Crippen LogP contribution < -0.4 is 20.9 Å². The van der Waals surface area contributed by atoms with Gasteiger partial charge in [0.15, 0.2) is 0 Å². The van der Waals surface area contributed by atoms with E-state index in [1.165, 1.54) is 24.1 Å². The molecule has 0 spiro atoms. The van der Waals surface area contributed by atoms with Gasteiger partial charge in [-0.25, -0.2) is 9.50 Å². The predicted molar refractivity (Wildman–Crippen MR) is 122 cm³/mol. The molecule has 2 bridgehead atoms. The molecule has 1 amide bonds. The van der Waals surface area contributed by atoms with Crippen LogP contribution in [0.25, 0.3) is 5.52 Å². The molecule has 2 aliphatic rings. The smallest absolute Gasteiger partial charge is 0.255 e. The van der Waals surface area contributed by atoms with Gasteiger partial charge >= 0.3 is 0 Å². The Morgan fingerprint density at radius 1 is 1.23 bits per heavy atom. The van der Waals surface area contributed by atoms with Crippen molar-refractivity contribution in [1.82, 2.24) is 25.2 Å². The number of nitrogens with zero attached hydrogens (tertiary/aromatic N) is 4. The lowest BCUT2D eigenvalue weighted by molar-refractivity contribution is 0.0955. The fraction of sp³-hybridized carbons (Fsp3) is 0.409. The molecule has 3 N–H and O–H groups in total. The van der Waals surface area contributed by atoms with Crippen LogP contribution in [0.2, 0.25) is 5.28 Å². The molecule has 3 aromatic rings. The molecule has 2 unspecified atom stereocenters. The van der Waals surface area contributed by atoms with Gasteiger partial charge in [-0.3, -0.25) is 4.79 Å². The Morgan fingerprint density at radius 2 is 1.97 bits per heavy atom. The lowest BCUT2D eigenvalue weighted by atomic mass is 10.1. The number of anilines is 2. The minimum absolute atomic E-state index is 0.133. The minimum Gasteiger partial charge on any atom is -0.386 e. The molecule has 9 heteroatoms. The summed E-state index contributed by atoms with van der Waals surface area (Å²) in [6.45, 7) is 2.72. The van der Waals surface area contributed by atoms with E-state index >= 15 is 0 Å². The van der Waals surface area contributed by atoms with Crippen LogP contribution in [-0.2, 0) is 6.42 Å². The van der Waals surface area contributed by atoms with E-state index in [-0.39, 0.29) is 11.2 Å². The van der Waals surface area contributed by atoms with Crippen molar-refractivity contribution in [3.63, 3.8) is 0 Å². The second-order valence-electron chi connectivity index (χ2n) is 8.24. The largest absolute Gasteiger partial charge is 0.386 e. The molecular formula is C22H26ClN7O. The number of halogens is 1. The van der Waals surface area contributed by atoms with Gasteiger partial charge in [0.2, 0.25) is 5.28 Å². The maximum Gasteiger partial charge on any atom is 0.255 e. The van der Waals surface area contributed by atoms with Crippen molar-refractivity contribution in [3.8, 4) is 0 Å². The van der Waals surface area contributed by atoms with Gasteiger partial charge in [0.25, 0.3) is 5.91 Å². The van der Waals surface area contributed by atoms with E-state index in [1.807, 2.05) is 0 Å². The molecule has 162 valence electrons. The molecule has 2 aromatic heterocycles. The SMILES string of the molecule is CNc1c(C(=O)NCCc2ccc(N3CC4CCC(C3)N4)cc2)cn2nc(Cl)ncc12. The lowest BCUT2D eigenvalue weighted by Gasteiger charge is -2.34. The Hall–Kier alpha value is -2.84. The highest BCUT2D eigenvalue weighted by Gasteiger charge is 2.32. The summed E-state index contributed by atoms with van der Waals surface area (Å²) < 4.78 is 1.57. The second kappa shape index (κ2) is 8.36. The Balaban J connectivity index is 1.19. The summed E-state index contributed by atoms with van der Waals surface area (Å²) in [6.07, 6.45) is 6.60. The van der Waals surface area contributed by atoms with Crippen molar-refractivity contribution in [2.75, 3.05) is 36.9 Å². The van der Waals surface area contributed by atoms with Crippen molar-refractivity contribution >= 4 is 34.4 Å². The number of amides is 1. The van der Waals surface area contributed by atoms with Crippen molar-refractivity contribution in [2.24, 2.45) is 0 Å². The van der Waals surface area contributed by atoms with Crippen LogP contribution >= 0.6 is 11.6 Å². The molecule has 0 aliphatic carbocycles. The Morgan fingerprint density at radius 3 is 2.68 bits per heavy atom. The third kappa shape index (κ3) is 4.05. The van der Waals surface area contributed by atoms with Crippen LogP contribution in [0.1, 0.15) is 28.8 Å². The molecule has 31 heavy (non-hydrogen) atoms. The Bertz CT molecular complexity index is 1090. The molecule has 2 fully saturated rings. The van der Waals surface area contributed by atoms with Gasteiger partial charge in [0.1, 0.15) is 5.52 Å². The summed E-state index contributed by atoms with van der Waals surface area (Å²) in [7, 11) is 1.77. The summed E-state index contributed by atoms with van der Waals surface area (Å²) in [4.78, 5) is 19.2. The number of rotatable bonds is 6. The summed E-state index contributed by atoms with van der Waals surface area (Å²) in [6, 6.07) is 9.98. The van der Waals surface area contributed by atoms with Crippen molar-refractivity contribution in [1.29, 1.82) is 0 Å². The number of carbonyl (C=O) groups excluding carboxylic acids is 1. The van der Waals surface area contributed by atoms with Gasteiger partial charge in [-0.15, -0.1) is 5.10 Å². The molecule has 2 atom stereocenters. The van der Waals surface area contributed by atoms with Gasteiger partial charge < -0.3 is 20.9 Å². The number of fused-ring (bicyclic) bond motifs is 3. The highest BCUT2D eigenvalue weighted by atomic mass is 35.5. The van der Waals surface area contributed by atoms with E-state index in [1.54, 1.807) is 24.0 Å². The van der Waals surface area contributed by atoms with Gasteiger partial charge in [0.05, 0.1) is 17.4 Å². The van der Waals surface area contributed by atoms with Crippen LogP contribution in [-0.4, -0.2) is 59.3 Å². The van der Waals surface area contributed by atoms with Crippen LogP contribution in [0.4, 0.5) is 11.4 Å². The van der Waals surface area contributed by atoms with Crippen molar-refractivity contribution in [2.45, 2.75) is 31.3 Å². The zero-order valence-electron chi connectivity index (χ0n) is 17.4. The van der Waals surface area contributed by atoms with Crippen LogP contribution in [0.3, 0.4) is 0 Å². The van der Waals surface area contributed by atoms with Crippen molar-refractivity contribution in [3.05, 3.63) is 53.1 Å². The monoisotopic (exact) mass is 439 g/mol. The van der Waals surface area contributed by atoms with Crippen LogP contribution in [0, 0.1) is 0 Å². The summed E-state index contributed by atoms with van der Waals surface area (Å²) in [5.74, 6) is -0.154.